The minimum Gasteiger partial charge on any atom is -0.377 e. The molecule has 0 aliphatic rings. The summed E-state index contributed by atoms with van der Waals surface area (Å²) in [6.45, 7) is 3.54. The van der Waals surface area contributed by atoms with Gasteiger partial charge in [0.2, 0.25) is 0 Å². The Balaban J connectivity index is 2.28. The van der Waals surface area contributed by atoms with Crippen molar-refractivity contribution in [3.63, 3.8) is 0 Å². The van der Waals surface area contributed by atoms with E-state index in [4.69, 9.17) is 4.74 Å². The molecule has 0 bridgehead atoms. The Morgan fingerprint density at radius 3 is 2.40 bits per heavy atom. The molecule has 0 aromatic heterocycles. The summed E-state index contributed by atoms with van der Waals surface area (Å²) in [6, 6.07) is 8.00. The summed E-state index contributed by atoms with van der Waals surface area (Å²) in [5, 5.41) is 3.12. The Hall–Kier alpha value is -1.07. The third kappa shape index (κ3) is 6.91. The van der Waals surface area contributed by atoms with Crippen molar-refractivity contribution in [2.45, 2.75) is 38.5 Å². The Bertz CT molecular complexity index is 376. The lowest BCUT2D eigenvalue weighted by Crippen LogP contribution is -2.14. The molecule has 1 unspecified atom stereocenters. The first-order valence-corrected chi connectivity index (χ1v) is 6.80. The van der Waals surface area contributed by atoms with Crippen LogP contribution in [0.1, 0.15) is 36.8 Å². The highest BCUT2D eigenvalue weighted by Crippen LogP contribution is 2.21. The van der Waals surface area contributed by atoms with E-state index in [1.165, 1.54) is 5.56 Å². The summed E-state index contributed by atoms with van der Waals surface area (Å²) in [4.78, 5) is 0. The molecule has 0 saturated carbocycles. The number of likely N-dealkylation sites (N-methyl/N-ethyl adjacent to an activating group) is 1. The van der Waals surface area contributed by atoms with Crippen molar-refractivity contribution < 1.29 is 17.9 Å². The van der Waals surface area contributed by atoms with Gasteiger partial charge >= 0.3 is 6.18 Å². The van der Waals surface area contributed by atoms with Gasteiger partial charge in [-0.2, -0.15) is 13.2 Å². The van der Waals surface area contributed by atoms with Crippen LogP contribution < -0.4 is 5.32 Å². The van der Waals surface area contributed by atoms with Gasteiger partial charge in [0.25, 0.3) is 0 Å². The summed E-state index contributed by atoms with van der Waals surface area (Å²) < 4.78 is 41.0. The number of benzene rings is 1. The summed E-state index contributed by atoms with van der Waals surface area (Å²) in [5.74, 6) is 0.432. The van der Waals surface area contributed by atoms with Crippen LogP contribution in [0.4, 0.5) is 13.2 Å². The molecule has 1 N–H and O–H groups in total. The normalized spacial score (nSPS) is 13.4. The minimum absolute atomic E-state index is 0.0147. The van der Waals surface area contributed by atoms with Crippen LogP contribution in [0.25, 0.3) is 0 Å². The summed E-state index contributed by atoms with van der Waals surface area (Å²) >= 11 is 0. The van der Waals surface area contributed by atoms with Gasteiger partial charge in [-0.3, -0.25) is 0 Å². The molecule has 0 fully saturated rings. The lowest BCUT2D eigenvalue weighted by molar-refractivity contribution is -0.138. The van der Waals surface area contributed by atoms with E-state index in [2.05, 4.69) is 12.2 Å². The fourth-order valence-corrected chi connectivity index (χ4v) is 1.93. The Kier molecular flexibility index (Phi) is 7.02. The lowest BCUT2D eigenvalue weighted by Gasteiger charge is -2.12. The fourth-order valence-electron chi connectivity index (χ4n) is 1.93. The fraction of sp³-hybridized carbons (Fsp3) is 0.600. The molecule has 0 aliphatic carbocycles. The van der Waals surface area contributed by atoms with Gasteiger partial charge in [-0.1, -0.05) is 31.2 Å². The highest BCUT2D eigenvalue weighted by molar-refractivity contribution is 5.24. The van der Waals surface area contributed by atoms with E-state index in [9.17, 15) is 13.2 Å². The van der Waals surface area contributed by atoms with Crippen LogP contribution in [0.2, 0.25) is 0 Å². The standard InChI is InChI=1S/C15H22F3NO/c1-12(10-19-2)14-6-4-13(5-7-14)11-20-9-3-8-15(16,17)18/h4-7,12,19H,3,8-11H2,1-2H3. The quantitative estimate of drug-likeness (QED) is 0.734. The SMILES string of the molecule is CNCC(C)c1ccc(COCCCC(F)(F)F)cc1. The van der Waals surface area contributed by atoms with E-state index in [-0.39, 0.29) is 13.0 Å². The molecule has 20 heavy (non-hydrogen) atoms. The predicted octanol–water partition coefficient (Wildman–Crippen LogP) is 3.87. The average Bonchev–Trinajstić information content (AvgIpc) is 2.38. The number of hydrogen-bond donors (Lipinski definition) is 1. The monoisotopic (exact) mass is 289 g/mol. The number of nitrogens with one attached hydrogen (secondary N) is 1. The minimum atomic E-state index is -4.09. The number of halogens is 3. The third-order valence-corrected chi connectivity index (χ3v) is 3.08. The van der Waals surface area contributed by atoms with Crippen molar-refractivity contribution in [3.05, 3.63) is 35.4 Å². The first-order valence-electron chi connectivity index (χ1n) is 6.80. The van der Waals surface area contributed by atoms with Gasteiger partial charge in [0.15, 0.2) is 0 Å². The van der Waals surface area contributed by atoms with Crippen LogP contribution in [-0.4, -0.2) is 26.4 Å². The third-order valence-electron chi connectivity index (χ3n) is 3.08. The van der Waals surface area contributed by atoms with E-state index in [0.717, 1.165) is 12.1 Å². The predicted molar refractivity (Wildman–Crippen MR) is 73.7 cm³/mol. The molecule has 5 heteroatoms. The molecular formula is C15H22F3NO. The summed E-state index contributed by atoms with van der Waals surface area (Å²) in [6.07, 6.45) is -4.86. The molecule has 1 atom stereocenters. The molecule has 1 aromatic rings. The second-order valence-corrected chi connectivity index (χ2v) is 4.97. The number of rotatable bonds is 8. The smallest absolute Gasteiger partial charge is 0.377 e. The molecule has 0 heterocycles. The molecule has 0 amide bonds. The van der Waals surface area contributed by atoms with Crippen LogP contribution in [-0.2, 0) is 11.3 Å². The van der Waals surface area contributed by atoms with Crippen molar-refractivity contribution in [1.29, 1.82) is 0 Å². The molecule has 0 saturated heterocycles. The highest BCUT2D eigenvalue weighted by atomic mass is 19.4. The zero-order valence-corrected chi connectivity index (χ0v) is 12.0. The maximum Gasteiger partial charge on any atom is 0.389 e. The number of alkyl halides is 3. The Labute approximate surface area is 118 Å². The van der Waals surface area contributed by atoms with Gasteiger partial charge < -0.3 is 10.1 Å². The van der Waals surface area contributed by atoms with E-state index in [0.29, 0.717) is 12.5 Å². The molecule has 1 aromatic carbocycles. The van der Waals surface area contributed by atoms with Gasteiger partial charge in [0, 0.05) is 19.6 Å². The first-order chi connectivity index (χ1) is 9.42. The second kappa shape index (κ2) is 8.27. The van der Waals surface area contributed by atoms with Gasteiger partial charge in [-0.15, -0.1) is 0 Å². The van der Waals surface area contributed by atoms with E-state index in [1.54, 1.807) is 0 Å². The van der Waals surface area contributed by atoms with Crippen molar-refractivity contribution in [2.24, 2.45) is 0 Å². The van der Waals surface area contributed by atoms with Gasteiger partial charge in [0.05, 0.1) is 6.61 Å². The van der Waals surface area contributed by atoms with Crippen LogP contribution in [0.15, 0.2) is 24.3 Å². The molecule has 0 radical (unpaired) electrons. The molecule has 0 aliphatic heterocycles. The van der Waals surface area contributed by atoms with Crippen LogP contribution in [0, 0.1) is 0 Å². The van der Waals surface area contributed by atoms with Crippen molar-refractivity contribution in [3.8, 4) is 0 Å². The maximum atomic E-state index is 11.9. The number of hydrogen-bond acceptors (Lipinski definition) is 2. The summed E-state index contributed by atoms with van der Waals surface area (Å²) in [5.41, 5.74) is 2.22. The van der Waals surface area contributed by atoms with Crippen molar-refractivity contribution in [2.75, 3.05) is 20.2 Å². The van der Waals surface area contributed by atoms with Crippen molar-refractivity contribution in [1.82, 2.24) is 5.32 Å². The average molecular weight is 289 g/mol. The molecule has 114 valence electrons. The van der Waals surface area contributed by atoms with Crippen LogP contribution in [0.3, 0.4) is 0 Å². The zero-order valence-electron chi connectivity index (χ0n) is 12.0. The maximum absolute atomic E-state index is 11.9. The van der Waals surface area contributed by atoms with E-state index in [1.807, 2.05) is 31.3 Å². The topological polar surface area (TPSA) is 21.3 Å². The van der Waals surface area contributed by atoms with Gasteiger partial charge in [-0.05, 0) is 30.5 Å². The zero-order chi connectivity index (χ0) is 15.0. The van der Waals surface area contributed by atoms with Crippen LogP contribution in [0.5, 0.6) is 0 Å². The number of ether oxygens (including phenoxy) is 1. The first kappa shape index (κ1) is 17.0. The second-order valence-electron chi connectivity index (χ2n) is 4.97. The van der Waals surface area contributed by atoms with E-state index >= 15 is 0 Å². The molecular weight excluding hydrogens is 267 g/mol. The summed E-state index contributed by atoms with van der Waals surface area (Å²) in [7, 11) is 1.92. The lowest BCUT2D eigenvalue weighted by atomic mass is 10.00. The highest BCUT2D eigenvalue weighted by Gasteiger charge is 2.25. The Morgan fingerprint density at radius 1 is 1.20 bits per heavy atom. The molecule has 2 nitrogen and oxygen atoms in total. The molecule has 1 rings (SSSR count). The van der Waals surface area contributed by atoms with Crippen LogP contribution >= 0.6 is 0 Å². The Morgan fingerprint density at radius 2 is 1.85 bits per heavy atom. The molecule has 0 spiro atoms. The van der Waals surface area contributed by atoms with Gasteiger partial charge in [0.1, 0.15) is 0 Å². The van der Waals surface area contributed by atoms with Crippen molar-refractivity contribution >= 4 is 0 Å². The largest absolute Gasteiger partial charge is 0.389 e. The van der Waals surface area contributed by atoms with E-state index < -0.39 is 12.6 Å². The van der Waals surface area contributed by atoms with Gasteiger partial charge in [-0.25, -0.2) is 0 Å².